The Kier molecular flexibility index (Phi) is 3.01. The molecule has 2 heteroatoms. The zero-order chi connectivity index (χ0) is 9.10. The number of nitrogens with zero attached hydrogens (tertiary/aromatic N) is 1. The van der Waals surface area contributed by atoms with Gasteiger partial charge in [0.25, 0.3) is 0 Å². The van der Waals surface area contributed by atoms with E-state index in [2.05, 4.69) is 11.5 Å². The maximum absolute atomic E-state index is 5.37. The van der Waals surface area contributed by atoms with Gasteiger partial charge in [-0.2, -0.15) is 0 Å². The minimum Gasteiger partial charge on any atom is -0.381 e. The Balaban J connectivity index is 1.87. The van der Waals surface area contributed by atoms with Crippen LogP contribution in [0.1, 0.15) is 25.7 Å². The van der Waals surface area contributed by atoms with Crippen LogP contribution in [0.2, 0.25) is 0 Å². The molecule has 2 rings (SSSR count). The van der Waals surface area contributed by atoms with Crippen LogP contribution >= 0.6 is 0 Å². The molecule has 2 fully saturated rings. The number of likely N-dealkylation sites (tertiary alicyclic amines) is 1. The van der Waals surface area contributed by atoms with Crippen LogP contribution in [0.3, 0.4) is 0 Å². The van der Waals surface area contributed by atoms with Crippen LogP contribution in [-0.4, -0.2) is 37.2 Å². The molecule has 0 bridgehead atoms. The first-order chi connectivity index (χ1) is 6.36. The van der Waals surface area contributed by atoms with Crippen LogP contribution in [0.5, 0.6) is 0 Å². The van der Waals surface area contributed by atoms with Crippen molar-refractivity contribution in [1.29, 1.82) is 0 Å². The quantitative estimate of drug-likeness (QED) is 0.572. The first kappa shape index (κ1) is 9.22. The molecule has 0 N–H and O–H groups in total. The van der Waals surface area contributed by atoms with Crippen molar-refractivity contribution in [2.24, 2.45) is 0 Å². The Morgan fingerprint density at radius 1 is 1.31 bits per heavy atom. The van der Waals surface area contributed by atoms with Crippen molar-refractivity contribution in [3.8, 4) is 0 Å². The SMILES string of the molecule is C=C1CCCN(C2CCOCC2)C1. The molecule has 2 heterocycles. The molecule has 0 aromatic rings. The summed E-state index contributed by atoms with van der Waals surface area (Å²) in [5.41, 5.74) is 1.41. The summed E-state index contributed by atoms with van der Waals surface area (Å²) in [7, 11) is 0. The zero-order valence-electron chi connectivity index (χ0n) is 8.30. The summed E-state index contributed by atoms with van der Waals surface area (Å²) >= 11 is 0. The van der Waals surface area contributed by atoms with E-state index >= 15 is 0 Å². The van der Waals surface area contributed by atoms with E-state index in [4.69, 9.17) is 4.74 Å². The Bertz CT molecular complexity index is 185. The first-order valence-electron chi connectivity index (χ1n) is 5.35. The van der Waals surface area contributed by atoms with Gasteiger partial charge >= 0.3 is 0 Å². The molecule has 74 valence electrons. The van der Waals surface area contributed by atoms with Gasteiger partial charge in [-0.25, -0.2) is 0 Å². The van der Waals surface area contributed by atoms with Gasteiger partial charge in [0.1, 0.15) is 0 Å². The van der Waals surface area contributed by atoms with Crippen molar-refractivity contribution in [2.45, 2.75) is 31.7 Å². The number of rotatable bonds is 1. The molecule has 2 aliphatic rings. The first-order valence-corrected chi connectivity index (χ1v) is 5.35. The number of hydrogen-bond acceptors (Lipinski definition) is 2. The standard InChI is InChI=1S/C11H19NO/c1-10-3-2-6-12(9-10)11-4-7-13-8-5-11/h11H,1-9H2. The highest BCUT2D eigenvalue weighted by atomic mass is 16.5. The van der Waals surface area contributed by atoms with E-state index in [9.17, 15) is 0 Å². The van der Waals surface area contributed by atoms with E-state index in [-0.39, 0.29) is 0 Å². The highest BCUT2D eigenvalue weighted by molar-refractivity contribution is 5.01. The van der Waals surface area contributed by atoms with Crippen LogP contribution in [0, 0.1) is 0 Å². The molecule has 0 atom stereocenters. The molecule has 0 radical (unpaired) electrons. The predicted molar refractivity (Wildman–Crippen MR) is 53.8 cm³/mol. The largest absolute Gasteiger partial charge is 0.381 e. The monoisotopic (exact) mass is 181 g/mol. The van der Waals surface area contributed by atoms with Gasteiger partial charge in [0.15, 0.2) is 0 Å². The lowest BCUT2D eigenvalue weighted by atomic mass is 10.0. The van der Waals surface area contributed by atoms with Crippen molar-refractivity contribution in [2.75, 3.05) is 26.3 Å². The lowest BCUT2D eigenvalue weighted by Gasteiger charge is -2.37. The molecule has 0 saturated carbocycles. The fourth-order valence-corrected chi connectivity index (χ4v) is 2.34. The van der Waals surface area contributed by atoms with Crippen LogP contribution in [-0.2, 0) is 4.74 Å². The Morgan fingerprint density at radius 2 is 2.08 bits per heavy atom. The van der Waals surface area contributed by atoms with Crippen molar-refractivity contribution in [3.63, 3.8) is 0 Å². The van der Waals surface area contributed by atoms with E-state index in [0.717, 1.165) is 25.8 Å². The lowest BCUT2D eigenvalue weighted by molar-refractivity contribution is 0.0334. The topological polar surface area (TPSA) is 12.5 Å². The third-order valence-electron chi connectivity index (χ3n) is 3.11. The summed E-state index contributed by atoms with van der Waals surface area (Å²) in [5.74, 6) is 0. The summed E-state index contributed by atoms with van der Waals surface area (Å²) in [6.07, 6.45) is 4.97. The molecule has 0 aliphatic carbocycles. The van der Waals surface area contributed by atoms with Crippen LogP contribution in [0.4, 0.5) is 0 Å². The molecule has 0 spiro atoms. The van der Waals surface area contributed by atoms with Gasteiger partial charge in [-0.05, 0) is 32.2 Å². The van der Waals surface area contributed by atoms with E-state index < -0.39 is 0 Å². The second kappa shape index (κ2) is 4.25. The van der Waals surface area contributed by atoms with Gasteiger partial charge in [-0.15, -0.1) is 0 Å². The minimum absolute atomic E-state index is 0.769. The number of hydrogen-bond donors (Lipinski definition) is 0. The molecule has 2 aliphatic heterocycles. The van der Waals surface area contributed by atoms with E-state index in [1.807, 2.05) is 0 Å². The fourth-order valence-electron chi connectivity index (χ4n) is 2.34. The maximum Gasteiger partial charge on any atom is 0.0480 e. The highest BCUT2D eigenvalue weighted by Crippen LogP contribution is 2.21. The fraction of sp³-hybridized carbons (Fsp3) is 0.818. The van der Waals surface area contributed by atoms with Crippen molar-refractivity contribution < 1.29 is 4.74 Å². The van der Waals surface area contributed by atoms with Crippen molar-refractivity contribution in [3.05, 3.63) is 12.2 Å². The molecular weight excluding hydrogens is 162 g/mol. The number of ether oxygens (including phenoxy) is 1. The molecule has 0 amide bonds. The van der Waals surface area contributed by atoms with E-state index in [1.54, 1.807) is 0 Å². The van der Waals surface area contributed by atoms with Crippen LogP contribution in [0.15, 0.2) is 12.2 Å². The smallest absolute Gasteiger partial charge is 0.0480 e. The molecule has 13 heavy (non-hydrogen) atoms. The number of piperidine rings is 1. The highest BCUT2D eigenvalue weighted by Gasteiger charge is 2.23. The Hall–Kier alpha value is -0.340. The van der Waals surface area contributed by atoms with Gasteiger partial charge in [-0.3, -0.25) is 4.90 Å². The Morgan fingerprint density at radius 3 is 2.77 bits per heavy atom. The molecular formula is C11H19NO. The van der Waals surface area contributed by atoms with Gasteiger partial charge in [0, 0.05) is 25.8 Å². The van der Waals surface area contributed by atoms with Gasteiger partial charge in [0.2, 0.25) is 0 Å². The Labute approximate surface area is 80.6 Å². The van der Waals surface area contributed by atoms with E-state index in [0.29, 0.717) is 0 Å². The summed E-state index contributed by atoms with van der Waals surface area (Å²) in [6.45, 7) is 8.39. The van der Waals surface area contributed by atoms with Gasteiger partial charge in [-0.1, -0.05) is 12.2 Å². The summed E-state index contributed by atoms with van der Waals surface area (Å²) < 4.78 is 5.37. The molecule has 0 aromatic heterocycles. The zero-order valence-corrected chi connectivity index (χ0v) is 8.30. The van der Waals surface area contributed by atoms with Gasteiger partial charge < -0.3 is 4.74 Å². The minimum atomic E-state index is 0.769. The molecule has 0 aromatic carbocycles. The predicted octanol–water partition coefficient (Wildman–Crippen LogP) is 1.82. The third-order valence-corrected chi connectivity index (χ3v) is 3.11. The van der Waals surface area contributed by atoms with Crippen molar-refractivity contribution >= 4 is 0 Å². The van der Waals surface area contributed by atoms with Gasteiger partial charge in [0.05, 0.1) is 0 Å². The summed E-state index contributed by atoms with van der Waals surface area (Å²) in [5, 5.41) is 0. The summed E-state index contributed by atoms with van der Waals surface area (Å²) in [4.78, 5) is 2.59. The third kappa shape index (κ3) is 2.32. The average Bonchev–Trinajstić information content (AvgIpc) is 2.19. The van der Waals surface area contributed by atoms with Crippen molar-refractivity contribution in [1.82, 2.24) is 4.90 Å². The molecule has 2 nitrogen and oxygen atoms in total. The summed E-state index contributed by atoms with van der Waals surface area (Å²) in [6, 6.07) is 0.769. The average molecular weight is 181 g/mol. The molecule has 0 unspecified atom stereocenters. The van der Waals surface area contributed by atoms with Crippen LogP contribution in [0.25, 0.3) is 0 Å². The lowest BCUT2D eigenvalue weighted by Crippen LogP contribution is -2.42. The normalized spacial score (nSPS) is 27.8. The van der Waals surface area contributed by atoms with E-state index in [1.165, 1.54) is 37.8 Å². The second-order valence-corrected chi connectivity index (χ2v) is 4.17. The second-order valence-electron chi connectivity index (χ2n) is 4.17. The maximum atomic E-state index is 5.37. The van der Waals surface area contributed by atoms with Crippen LogP contribution < -0.4 is 0 Å². The molecule has 2 saturated heterocycles.